The second kappa shape index (κ2) is 12.3. The summed E-state index contributed by atoms with van der Waals surface area (Å²) in [6.07, 6.45) is 3.49. The Bertz CT molecular complexity index is 737. The standard InChI is InChI=1S/C21H33BN5O4/c1-27(15-11-16-8-3-2-4-9-16)19(29)21(12-5-6-13-21)18(28)26-17(31-22-30)10-7-14-25-20(23)24/h2-4,8-9,17,30H,5-7,10-15H2,1H3,(H,26,28)(H4,23,24,25)/t17-/m1/s1. The van der Waals surface area contributed by atoms with Crippen LogP contribution in [0.5, 0.6) is 0 Å². The van der Waals surface area contributed by atoms with Crippen molar-refractivity contribution in [1.29, 1.82) is 0 Å². The quantitative estimate of drug-likeness (QED) is 0.0937. The van der Waals surface area contributed by atoms with Gasteiger partial charge in [0.05, 0.1) is 0 Å². The molecule has 1 aromatic rings. The van der Waals surface area contributed by atoms with Crippen molar-refractivity contribution in [3.05, 3.63) is 35.9 Å². The molecule has 0 saturated heterocycles. The zero-order valence-corrected chi connectivity index (χ0v) is 18.1. The summed E-state index contributed by atoms with van der Waals surface area (Å²) in [6, 6.07) is 9.93. The van der Waals surface area contributed by atoms with Crippen molar-refractivity contribution < 1.29 is 19.3 Å². The molecule has 31 heavy (non-hydrogen) atoms. The van der Waals surface area contributed by atoms with Crippen molar-refractivity contribution in [1.82, 2.24) is 10.2 Å². The molecule has 1 aromatic carbocycles. The lowest BCUT2D eigenvalue weighted by Crippen LogP contribution is -2.53. The molecule has 1 atom stereocenters. The van der Waals surface area contributed by atoms with Crippen LogP contribution in [0.1, 0.15) is 44.1 Å². The van der Waals surface area contributed by atoms with Crippen molar-refractivity contribution in [3.8, 4) is 0 Å². The number of likely N-dealkylation sites (N-methyl/N-ethyl adjacent to an activating group) is 1. The molecule has 0 aliphatic heterocycles. The Morgan fingerprint density at radius 1 is 1.29 bits per heavy atom. The second-order valence-corrected chi connectivity index (χ2v) is 7.90. The first-order chi connectivity index (χ1) is 14.9. The number of nitrogens with two attached hydrogens (primary N) is 2. The molecule has 2 rings (SSSR count). The van der Waals surface area contributed by atoms with E-state index in [1.54, 1.807) is 11.9 Å². The van der Waals surface area contributed by atoms with Crippen LogP contribution in [0.25, 0.3) is 0 Å². The second-order valence-electron chi connectivity index (χ2n) is 7.90. The topological polar surface area (TPSA) is 143 Å². The predicted octanol–water partition coefficient (Wildman–Crippen LogP) is 0.287. The zero-order valence-electron chi connectivity index (χ0n) is 18.1. The number of amides is 2. The van der Waals surface area contributed by atoms with Crippen LogP contribution in [0.15, 0.2) is 35.3 Å². The minimum atomic E-state index is -1.11. The maximum absolute atomic E-state index is 13.3. The van der Waals surface area contributed by atoms with Crippen LogP contribution in [0, 0.1) is 5.41 Å². The first-order valence-electron chi connectivity index (χ1n) is 10.7. The molecule has 0 heterocycles. The summed E-state index contributed by atoms with van der Waals surface area (Å²) in [7, 11) is 2.28. The predicted molar refractivity (Wildman–Crippen MR) is 120 cm³/mol. The van der Waals surface area contributed by atoms with Crippen LogP contribution in [-0.2, 0) is 20.7 Å². The van der Waals surface area contributed by atoms with Crippen LogP contribution in [0.2, 0.25) is 0 Å². The number of carbonyl (C=O) groups is 2. The van der Waals surface area contributed by atoms with E-state index in [0.717, 1.165) is 24.8 Å². The van der Waals surface area contributed by atoms with Gasteiger partial charge in [0.15, 0.2) is 5.96 Å². The van der Waals surface area contributed by atoms with E-state index in [1.165, 1.54) is 0 Å². The molecule has 9 nitrogen and oxygen atoms in total. The number of nitrogens with zero attached hydrogens (tertiary/aromatic N) is 2. The molecule has 1 fully saturated rings. The smallest absolute Gasteiger partial charge is 0.429 e. The summed E-state index contributed by atoms with van der Waals surface area (Å²) in [6.45, 7) is 0.899. The highest BCUT2D eigenvalue weighted by Gasteiger charge is 2.49. The van der Waals surface area contributed by atoms with E-state index < -0.39 is 11.6 Å². The van der Waals surface area contributed by atoms with Gasteiger partial charge in [-0.15, -0.1) is 0 Å². The molecule has 10 heteroatoms. The Hall–Kier alpha value is -2.59. The number of guanidine groups is 1. The number of rotatable bonds is 12. The third-order valence-corrected chi connectivity index (χ3v) is 5.66. The van der Waals surface area contributed by atoms with E-state index in [-0.39, 0.29) is 17.8 Å². The lowest BCUT2D eigenvalue weighted by atomic mass is 9.83. The third kappa shape index (κ3) is 7.25. The molecule has 1 aliphatic rings. The zero-order chi connectivity index (χ0) is 22.7. The molecule has 0 spiro atoms. The van der Waals surface area contributed by atoms with Gasteiger partial charge in [0.25, 0.3) is 0 Å². The van der Waals surface area contributed by atoms with Crippen LogP contribution in [0.3, 0.4) is 0 Å². The molecule has 0 unspecified atom stereocenters. The van der Waals surface area contributed by atoms with Gasteiger partial charge in [0.1, 0.15) is 11.6 Å². The Morgan fingerprint density at radius 3 is 2.58 bits per heavy atom. The van der Waals surface area contributed by atoms with Crippen LogP contribution in [-0.4, -0.2) is 61.7 Å². The van der Waals surface area contributed by atoms with E-state index in [0.29, 0.717) is 46.5 Å². The highest BCUT2D eigenvalue weighted by atomic mass is 16.5. The molecular weight excluding hydrogens is 397 g/mol. The Labute approximate surface area is 184 Å². The number of hydrogen-bond donors (Lipinski definition) is 4. The average Bonchev–Trinajstić information content (AvgIpc) is 3.26. The highest BCUT2D eigenvalue weighted by Crippen LogP contribution is 2.40. The summed E-state index contributed by atoms with van der Waals surface area (Å²) in [4.78, 5) is 32.1. The van der Waals surface area contributed by atoms with E-state index in [4.69, 9.17) is 21.1 Å². The van der Waals surface area contributed by atoms with Gasteiger partial charge in [0.2, 0.25) is 11.8 Å². The maximum Gasteiger partial charge on any atom is 0.486 e. The van der Waals surface area contributed by atoms with Crippen molar-refractivity contribution in [2.75, 3.05) is 20.1 Å². The highest BCUT2D eigenvalue weighted by molar-refractivity contribution is 6.16. The summed E-state index contributed by atoms with van der Waals surface area (Å²) in [5.74, 6) is -0.551. The lowest BCUT2D eigenvalue weighted by Gasteiger charge is -2.33. The Morgan fingerprint density at radius 2 is 1.97 bits per heavy atom. The molecule has 1 radical (unpaired) electrons. The largest absolute Gasteiger partial charge is 0.486 e. The minimum Gasteiger partial charge on any atom is -0.429 e. The fraction of sp³-hybridized carbons (Fsp3) is 0.571. The summed E-state index contributed by atoms with van der Waals surface area (Å²) >= 11 is 0. The first-order valence-corrected chi connectivity index (χ1v) is 10.7. The van der Waals surface area contributed by atoms with E-state index in [2.05, 4.69) is 10.3 Å². The van der Waals surface area contributed by atoms with Gasteiger partial charge in [-0.1, -0.05) is 43.2 Å². The number of nitrogens with one attached hydrogen (secondary N) is 1. The van der Waals surface area contributed by atoms with Gasteiger partial charge < -0.3 is 31.4 Å². The van der Waals surface area contributed by atoms with Gasteiger partial charge in [-0.25, -0.2) is 0 Å². The molecule has 1 saturated carbocycles. The summed E-state index contributed by atoms with van der Waals surface area (Å²) in [5.41, 5.74) is 10.7. The molecule has 0 bridgehead atoms. The van der Waals surface area contributed by atoms with Crippen molar-refractivity contribution in [2.45, 2.75) is 51.2 Å². The van der Waals surface area contributed by atoms with E-state index in [9.17, 15) is 9.59 Å². The van der Waals surface area contributed by atoms with E-state index in [1.807, 2.05) is 30.3 Å². The average molecular weight is 430 g/mol. The number of carbonyl (C=O) groups excluding carboxylic acids is 2. The maximum atomic E-state index is 13.3. The molecule has 6 N–H and O–H groups in total. The van der Waals surface area contributed by atoms with Crippen LogP contribution < -0.4 is 16.8 Å². The Kier molecular flexibility index (Phi) is 9.80. The minimum absolute atomic E-state index is 0.00994. The van der Waals surface area contributed by atoms with Crippen LogP contribution in [0.4, 0.5) is 0 Å². The fourth-order valence-electron chi connectivity index (χ4n) is 3.94. The van der Waals surface area contributed by atoms with Gasteiger partial charge >= 0.3 is 7.69 Å². The van der Waals surface area contributed by atoms with Gasteiger partial charge in [-0.2, -0.15) is 0 Å². The summed E-state index contributed by atoms with van der Waals surface area (Å²) < 4.78 is 5.13. The van der Waals surface area contributed by atoms with Gasteiger partial charge in [-0.3, -0.25) is 14.6 Å². The number of aliphatic imine (C=N–C) groups is 1. The number of benzene rings is 1. The van der Waals surface area contributed by atoms with Crippen molar-refractivity contribution >= 4 is 25.5 Å². The third-order valence-electron chi connectivity index (χ3n) is 5.66. The molecular formula is C21H33BN5O4. The van der Waals surface area contributed by atoms with Gasteiger partial charge in [0, 0.05) is 20.1 Å². The first kappa shape index (κ1) is 24.7. The molecule has 169 valence electrons. The summed E-state index contributed by atoms with van der Waals surface area (Å²) in [5, 5.41) is 11.8. The molecule has 1 aliphatic carbocycles. The fourth-order valence-corrected chi connectivity index (χ4v) is 3.94. The van der Waals surface area contributed by atoms with Crippen molar-refractivity contribution in [3.63, 3.8) is 0 Å². The Balaban J connectivity index is 2.00. The van der Waals surface area contributed by atoms with Crippen molar-refractivity contribution in [2.24, 2.45) is 21.9 Å². The van der Waals surface area contributed by atoms with Crippen LogP contribution >= 0.6 is 0 Å². The monoisotopic (exact) mass is 430 g/mol. The molecule has 2 amide bonds. The normalized spacial score (nSPS) is 15.7. The lowest BCUT2D eigenvalue weighted by molar-refractivity contribution is -0.150. The SMILES string of the molecule is CN(CCc1ccccc1)C(=O)C1(C(=O)N[C@@H](CCCN=C(N)N)O[B]O)CCCC1. The van der Waals surface area contributed by atoms with E-state index >= 15 is 0 Å². The number of hydrogen-bond acceptors (Lipinski definition) is 5. The van der Waals surface area contributed by atoms with Gasteiger partial charge in [-0.05, 0) is 37.7 Å². The molecule has 0 aromatic heterocycles.